The van der Waals surface area contributed by atoms with E-state index < -0.39 is 5.60 Å². The lowest BCUT2D eigenvalue weighted by Crippen LogP contribution is -2.39. The van der Waals surface area contributed by atoms with Crippen molar-refractivity contribution < 1.29 is 9.53 Å². The summed E-state index contributed by atoms with van der Waals surface area (Å²) in [4.78, 5) is 13.9. The van der Waals surface area contributed by atoms with Crippen LogP contribution in [0.2, 0.25) is 0 Å². The molecule has 0 bridgehead atoms. The highest BCUT2D eigenvalue weighted by atomic mass is 16.6. The molecular formula is C16H28N2O2. The number of nitrogens with one attached hydrogen (secondary N) is 1. The number of rotatable bonds is 3. The quantitative estimate of drug-likeness (QED) is 0.808. The van der Waals surface area contributed by atoms with Crippen LogP contribution in [-0.4, -0.2) is 41.8 Å². The Hall–Kier alpha value is -1.21. The summed E-state index contributed by atoms with van der Waals surface area (Å²) in [5.41, 5.74) is -0.428. The van der Waals surface area contributed by atoms with E-state index in [0.29, 0.717) is 12.1 Å². The molecule has 0 aromatic carbocycles. The van der Waals surface area contributed by atoms with Gasteiger partial charge in [0.05, 0.1) is 0 Å². The fourth-order valence-electron chi connectivity index (χ4n) is 2.41. The lowest BCUT2D eigenvalue weighted by molar-refractivity contribution is 0.0256. The van der Waals surface area contributed by atoms with Crippen LogP contribution in [0.25, 0.3) is 0 Å². The SMILES string of the molecule is C#CCC(C)NC1CCCN(C(=O)OC(C)(C)C)CC1. The highest BCUT2D eigenvalue weighted by Gasteiger charge is 2.25. The fourth-order valence-corrected chi connectivity index (χ4v) is 2.41. The van der Waals surface area contributed by atoms with Crippen LogP contribution in [0.5, 0.6) is 0 Å². The molecule has 1 heterocycles. The minimum absolute atomic E-state index is 0.199. The van der Waals surface area contributed by atoms with Gasteiger partial charge < -0.3 is 15.0 Å². The average molecular weight is 280 g/mol. The third kappa shape index (κ3) is 6.29. The molecule has 1 fully saturated rings. The Morgan fingerprint density at radius 1 is 1.45 bits per heavy atom. The normalized spacial score (nSPS) is 21.8. The van der Waals surface area contributed by atoms with Gasteiger partial charge in [0.15, 0.2) is 0 Å². The molecule has 2 atom stereocenters. The molecule has 0 spiro atoms. The first-order chi connectivity index (χ1) is 9.31. The van der Waals surface area contributed by atoms with Gasteiger partial charge >= 0.3 is 6.09 Å². The van der Waals surface area contributed by atoms with Gasteiger partial charge in [0.25, 0.3) is 0 Å². The van der Waals surface area contributed by atoms with Gasteiger partial charge in [-0.05, 0) is 47.0 Å². The maximum Gasteiger partial charge on any atom is 0.410 e. The molecule has 0 radical (unpaired) electrons. The molecule has 1 aliphatic heterocycles. The second kappa shape index (κ2) is 7.54. The Balaban J connectivity index is 2.43. The summed E-state index contributed by atoms with van der Waals surface area (Å²) < 4.78 is 5.43. The summed E-state index contributed by atoms with van der Waals surface area (Å²) in [6.45, 7) is 9.32. The van der Waals surface area contributed by atoms with Gasteiger partial charge in [-0.25, -0.2) is 4.79 Å². The van der Waals surface area contributed by atoms with Crippen LogP contribution in [0.3, 0.4) is 0 Å². The molecule has 2 unspecified atom stereocenters. The second-order valence-corrected chi connectivity index (χ2v) is 6.57. The lowest BCUT2D eigenvalue weighted by atomic mass is 10.1. The zero-order chi connectivity index (χ0) is 15.2. The van der Waals surface area contributed by atoms with Crippen LogP contribution in [0.15, 0.2) is 0 Å². The molecule has 1 amide bonds. The third-order valence-electron chi connectivity index (χ3n) is 3.32. The molecule has 0 aromatic rings. The maximum atomic E-state index is 12.1. The van der Waals surface area contributed by atoms with Crippen molar-refractivity contribution in [1.29, 1.82) is 0 Å². The number of hydrogen-bond donors (Lipinski definition) is 1. The average Bonchev–Trinajstić information content (AvgIpc) is 2.52. The van der Waals surface area contributed by atoms with Gasteiger partial charge in [0, 0.05) is 31.6 Å². The summed E-state index contributed by atoms with van der Waals surface area (Å²) in [7, 11) is 0. The molecule has 0 saturated carbocycles. The summed E-state index contributed by atoms with van der Waals surface area (Å²) in [5, 5.41) is 3.55. The number of ether oxygens (including phenoxy) is 1. The van der Waals surface area contributed by atoms with E-state index in [9.17, 15) is 4.79 Å². The fraction of sp³-hybridized carbons (Fsp3) is 0.812. The van der Waals surface area contributed by atoms with Crippen molar-refractivity contribution in [3.05, 3.63) is 0 Å². The number of nitrogens with zero attached hydrogens (tertiary/aromatic N) is 1. The van der Waals surface area contributed by atoms with E-state index in [-0.39, 0.29) is 6.09 Å². The Kier molecular flexibility index (Phi) is 6.35. The number of likely N-dealkylation sites (tertiary alicyclic amines) is 1. The van der Waals surface area contributed by atoms with E-state index in [2.05, 4.69) is 18.2 Å². The van der Waals surface area contributed by atoms with Crippen molar-refractivity contribution in [2.24, 2.45) is 0 Å². The van der Waals surface area contributed by atoms with E-state index in [1.54, 1.807) is 0 Å². The van der Waals surface area contributed by atoms with Crippen molar-refractivity contribution >= 4 is 6.09 Å². The van der Waals surface area contributed by atoms with Crippen molar-refractivity contribution in [3.8, 4) is 12.3 Å². The molecule has 4 heteroatoms. The molecule has 1 saturated heterocycles. The zero-order valence-electron chi connectivity index (χ0n) is 13.2. The smallest absolute Gasteiger partial charge is 0.410 e. The second-order valence-electron chi connectivity index (χ2n) is 6.57. The minimum Gasteiger partial charge on any atom is -0.444 e. The molecule has 114 valence electrons. The Morgan fingerprint density at radius 3 is 2.75 bits per heavy atom. The largest absolute Gasteiger partial charge is 0.444 e. The van der Waals surface area contributed by atoms with Crippen LogP contribution >= 0.6 is 0 Å². The zero-order valence-corrected chi connectivity index (χ0v) is 13.2. The van der Waals surface area contributed by atoms with Gasteiger partial charge in [-0.2, -0.15) is 0 Å². The first-order valence-corrected chi connectivity index (χ1v) is 7.49. The molecule has 0 aliphatic carbocycles. The highest BCUT2D eigenvalue weighted by Crippen LogP contribution is 2.16. The van der Waals surface area contributed by atoms with Crippen molar-refractivity contribution in [1.82, 2.24) is 10.2 Å². The van der Waals surface area contributed by atoms with Crippen molar-refractivity contribution in [2.45, 2.75) is 71.1 Å². The number of terminal acetylenes is 1. The lowest BCUT2D eigenvalue weighted by Gasteiger charge is -2.26. The van der Waals surface area contributed by atoms with Crippen LogP contribution in [0.1, 0.15) is 53.4 Å². The number of hydrogen-bond acceptors (Lipinski definition) is 3. The predicted molar refractivity (Wildman–Crippen MR) is 81.5 cm³/mol. The van der Waals surface area contributed by atoms with Crippen molar-refractivity contribution in [2.75, 3.05) is 13.1 Å². The number of amides is 1. The van der Waals surface area contributed by atoms with Crippen LogP contribution in [0.4, 0.5) is 4.79 Å². The van der Waals surface area contributed by atoms with Gasteiger partial charge in [-0.1, -0.05) is 0 Å². The molecule has 1 aliphatic rings. The van der Waals surface area contributed by atoms with E-state index >= 15 is 0 Å². The standard InChI is InChI=1S/C16H28N2O2/c1-6-8-13(2)17-14-9-7-11-18(12-10-14)15(19)20-16(3,4)5/h1,13-14,17H,7-12H2,2-5H3. The van der Waals surface area contributed by atoms with Gasteiger partial charge in [0.1, 0.15) is 5.60 Å². The molecule has 1 rings (SSSR count). The van der Waals surface area contributed by atoms with Gasteiger partial charge in [-0.15, -0.1) is 12.3 Å². The molecule has 20 heavy (non-hydrogen) atoms. The highest BCUT2D eigenvalue weighted by molar-refractivity contribution is 5.68. The topological polar surface area (TPSA) is 41.6 Å². The Morgan fingerprint density at radius 2 is 2.15 bits per heavy atom. The van der Waals surface area contributed by atoms with E-state index in [0.717, 1.165) is 38.8 Å². The Bertz CT molecular complexity index is 354. The molecule has 0 aromatic heterocycles. The summed E-state index contributed by atoms with van der Waals surface area (Å²) in [5.74, 6) is 2.68. The van der Waals surface area contributed by atoms with Crippen LogP contribution in [0, 0.1) is 12.3 Å². The van der Waals surface area contributed by atoms with E-state index in [1.165, 1.54) is 0 Å². The molecular weight excluding hydrogens is 252 g/mol. The monoisotopic (exact) mass is 280 g/mol. The Labute approximate surface area is 123 Å². The summed E-state index contributed by atoms with van der Waals surface area (Å²) in [6, 6.07) is 0.767. The van der Waals surface area contributed by atoms with Gasteiger partial charge in [0.2, 0.25) is 0 Å². The number of carbonyl (C=O) groups is 1. The number of carbonyl (C=O) groups excluding carboxylic acids is 1. The first kappa shape index (κ1) is 16.8. The van der Waals surface area contributed by atoms with E-state index in [1.807, 2.05) is 25.7 Å². The minimum atomic E-state index is -0.428. The van der Waals surface area contributed by atoms with Crippen LogP contribution < -0.4 is 5.32 Å². The maximum absolute atomic E-state index is 12.1. The molecule has 4 nitrogen and oxygen atoms in total. The van der Waals surface area contributed by atoms with Crippen molar-refractivity contribution in [3.63, 3.8) is 0 Å². The van der Waals surface area contributed by atoms with Crippen LogP contribution in [-0.2, 0) is 4.74 Å². The third-order valence-corrected chi connectivity index (χ3v) is 3.32. The van der Waals surface area contributed by atoms with E-state index in [4.69, 9.17) is 11.2 Å². The summed E-state index contributed by atoms with van der Waals surface area (Å²) in [6.07, 6.45) is 8.90. The summed E-state index contributed by atoms with van der Waals surface area (Å²) >= 11 is 0. The van der Waals surface area contributed by atoms with Gasteiger partial charge in [-0.3, -0.25) is 0 Å². The molecule has 1 N–H and O–H groups in total. The predicted octanol–water partition coefficient (Wildman–Crippen LogP) is 2.78. The first-order valence-electron chi connectivity index (χ1n) is 7.49.